The highest BCUT2D eigenvalue weighted by atomic mass is 16.1. The number of nitrogens with one attached hydrogen (secondary N) is 1. The Morgan fingerprint density at radius 2 is 1.86 bits per heavy atom. The van der Waals surface area contributed by atoms with Crippen LogP contribution in [0.3, 0.4) is 0 Å². The van der Waals surface area contributed by atoms with E-state index in [1.807, 2.05) is 60.4 Å². The van der Waals surface area contributed by atoms with Crippen LogP contribution in [-0.4, -0.2) is 15.7 Å². The molecule has 0 saturated heterocycles. The molecule has 1 aromatic heterocycles. The van der Waals surface area contributed by atoms with Gasteiger partial charge in [0.25, 0.3) is 0 Å². The van der Waals surface area contributed by atoms with Gasteiger partial charge in [-0.2, -0.15) is 5.10 Å². The lowest BCUT2D eigenvalue weighted by molar-refractivity contribution is -0.114. The van der Waals surface area contributed by atoms with Gasteiger partial charge in [0.05, 0.1) is 11.9 Å². The Balaban J connectivity index is 1.90. The summed E-state index contributed by atoms with van der Waals surface area (Å²) in [7, 11) is 0. The quantitative estimate of drug-likeness (QED) is 0.797. The number of nitrogens with zero attached hydrogens (tertiary/aromatic N) is 2. The number of aromatic nitrogens is 2. The fourth-order valence-electron chi connectivity index (χ4n) is 2.33. The van der Waals surface area contributed by atoms with Crippen LogP contribution in [0.4, 0.5) is 5.69 Å². The maximum absolute atomic E-state index is 11.1. The molecular weight excluding hydrogens is 274 g/mol. The second kappa shape index (κ2) is 5.85. The Morgan fingerprint density at radius 1 is 1.09 bits per heavy atom. The molecule has 22 heavy (non-hydrogen) atoms. The molecule has 110 valence electrons. The largest absolute Gasteiger partial charge is 0.326 e. The average Bonchev–Trinajstić information content (AvgIpc) is 2.94. The van der Waals surface area contributed by atoms with Crippen molar-refractivity contribution in [3.8, 4) is 16.8 Å². The summed E-state index contributed by atoms with van der Waals surface area (Å²) in [6.45, 7) is 3.53. The van der Waals surface area contributed by atoms with Crippen molar-refractivity contribution < 1.29 is 4.79 Å². The topological polar surface area (TPSA) is 46.9 Å². The lowest BCUT2D eigenvalue weighted by atomic mass is 10.0. The van der Waals surface area contributed by atoms with Crippen LogP contribution in [0.25, 0.3) is 16.8 Å². The van der Waals surface area contributed by atoms with E-state index in [-0.39, 0.29) is 5.91 Å². The molecule has 0 aliphatic rings. The van der Waals surface area contributed by atoms with Crippen molar-refractivity contribution in [2.24, 2.45) is 0 Å². The fourth-order valence-corrected chi connectivity index (χ4v) is 2.33. The molecule has 2 aromatic carbocycles. The first-order chi connectivity index (χ1) is 10.6. The molecule has 1 heterocycles. The molecule has 3 aromatic rings. The highest BCUT2D eigenvalue weighted by Crippen LogP contribution is 2.23. The van der Waals surface area contributed by atoms with Crippen LogP contribution in [0.1, 0.15) is 12.5 Å². The highest BCUT2D eigenvalue weighted by molar-refractivity contribution is 5.89. The molecule has 0 fully saturated rings. The van der Waals surface area contributed by atoms with E-state index in [0.717, 1.165) is 28.1 Å². The summed E-state index contributed by atoms with van der Waals surface area (Å²) in [6, 6.07) is 16.0. The summed E-state index contributed by atoms with van der Waals surface area (Å²) in [5.74, 6) is -0.0659. The minimum Gasteiger partial charge on any atom is -0.326 e. The van der Waals surface area contributed by atoms with Gasteiger partial charge in [-0.3, -0.25) is 4.79 Å². The third kappa shape index (κ3) is 3.06. The van der Waals surface area contributed by atoms with Gasteiger partial charge in [-0.1, -0.05) is 24.3 Å². The van der Waals surface area contributed by atoms with Crippen LogP contribution in [0, 0.1) is 6.92 Å². The second-order valence-corrected chi connectivity index (χ2v) is 5.27. The second-order valence-electron chi connectivity index (χ2n) is 5.27. The fraction of sp³-hybridized carbons (Fsp3) is 0.111. The number of hydrogen-bond acceptors (Lipinski definition) is 2. The van der Waals surface area contributed by atoms with Gasteiger partial charge in [0, 0.05) is 18.8 Å². The Hall–Kier alpha value is -2.88. The first-order valence-corrected chi connectivity index (χ1v) is 7.11. The van der Waals surface area contributed by atoms with Crippen molar-refractivity contribution >= 4 is 11.6 Å². The summed E-state index contributed by atoms with van der Waals surface area (Å²) < 4.78 is 1.87. The molecular formula is C18H17N3O. The van der Waals surface area contributed by atoms with E-state index in [0.29, 0.717) is 0 Å². The molecule has 1 amide bonds. The maximum Gasteiger partial charge on any atom is 0.221 e. The zero-order valence-corrected chi connectivity index (χ0v) is 12.6. The van der Waals surface area contributed by atoms with Crippen LogP contribution < -0.4 is 5.32 Å². The number of carbonyl (C=O) groups excluding carboxylic acids is 1. The molecule has 0 aliphatic heterocycles. The minimum atomic E-state index is -0.0659. The van der Waals surface area contributed by atoms with E-state index in [4.69, 9.17) is 0 Å². The van der Waals surface area contributed by atoms with E-state index >= 15 is 0 Å². The standard InChI is InChI=1S/C18H17N3O/c1-13-11-19-21(12-13)18-5-3-4-16(10-18)15-6-8-17(9-7-15)20-14(2)22/h3-12H,1-2H3,(H,20,22). The average molecular weight is 291 g/mol. The predicted molar refractivity (Wildman–Crippen MR) is 88.0 cm³/mol. The first-order valence-electron chi connectivity index (χ1n) is 7.11. The molecule has 0 unspecified atom stereocenters. The smallest absolute Gasteiger partial charge is 0.221 e. The van der Waals surface area contributed by atoms with Crippen LogP contribution in [0.15, 0.2) is 60.9 Å². The number of rotatable bonds is 3. The molecule has 4 heteroatoms. The van der Waals surface area contributed by atoms with E-state index in [9.17, 15) is 4.79 Å². The van der Waals surface area contributed by atoms with Crippen molar-refractivity contribution in [3.63, 3.8) is 0 Å². The maximum atomic E-state index is 11.1. The lowest BCUT2D eigenvalue weighted by Crippen LogP contribution is -2.05. The van der Waals surface area contributed by atoms with Crippen LogP contribution >= 0.6 is 0 Å². The molecule has 0 aliphatic carbocycles. The van der Waals surface area contributed by atoms with E-state index in [1.54, 1.807) is 0 Å². The molecule has 0 saturated carbocycles. The van der Waals surface area contributed by atoms with Crippen molar-refractivity contribution in [2.45, 2.75) is 13.8 Å². The molecule has 0 atom stereocenters. The highest BCUT2D eigenvalue weighted by Gasteiger charge is 2.03. The molecule has 0 spiro atoms. The van der Waals surface area contributed by atoms with Gasteiger partial charge in [0.15, 0.2) is 0 Å². The van der Waals surface area contributed by atoms with Gasteiger partial charge in [-0.15, -0.1) is 0 Å². The van der Waals surface area contributed by atoms with Crippen LogP contribution in [0.5, 0.6) is 0 Å². The van der Waals surface area contributed by atoms with Gasteiger partial charge in [0.1, 0.15) is 0 Å². The summed E-state index contributed by atoms with van der Waals surface area (Å²) in [6.07, 6.45) is 3.84. The molecule has 1 N–H and O–H groups in total. The minimum absolute atomic E-state index is 0.0659. The summed E-state index contributed by atoms with van der Waals surface area (Å²) in [4.78, 5) is 11.1. The Labute approximate surface area is 129 Å². The zero-order valence-electron chi connectivity index (χ0n) is 12.6. The van der Waals surface area contributed by atoms with Gasteiger partial charge in [-0.25, -0.2) is 4.68 Å². The normalized spacial score (nSPS) is 10.5. The predicted octanol–water partition coefficient (Wildman–Crippen LogP) is 3.81. The zero-order chi connectivity index (χ0) is 15.5. The van der Waals surface area contributed by atoms with Crippen molar-refractivity contribution in [1.82, 2.24) is 9.78 Å². The number of anilines is 1. The van der Waals surface area contributed by atoms with Gasteiger partial charge in [0.2, 0.25) is 5.91 Å². The molecule has 0 bridgehead atoms. The van der Waals surface area contributed by atoms with Crippen LogP contribution in [0.2, 0.25) is 0 Å². The Bertz CT molecular complexity index is 803. The van der Waals surface area contributed by atoms with E-state index in [1.165, 1.54) is 6.92 Å². The Kier molecular flexibility index (Phi) is 3.74. The van der Waals surface area contributed by atoms with Gasteiger partial charge < -0.3 is 5.32 Å². The third-order valence-electron chi connectivity index (χ3n) is 3.36. The molecule has 4 nitrogen and oxygen atoms in total. The summed E-state index contributed by atoms with van der Waals surface area (Å²) in [5.41, 5.74) is 5.16. The SMILES string of the molecule is CC(=O)Nc1ccc(-c2cccc(-n3cc(C)cn3)c2)cc1. The third-order valence-corrected chi connectivity index (χ3v) is 3.36. The first kappa shape index (κ1) is 14.1. The summed E-state index contributed by atoms with van der Waals surface area (Å²) in [5, 5.41) is 7.11. The van der Waals surface area contributed by atoms with Gasteiger partial charge >= 0.3 is 0 Å². The van der Waals surface area contributed by atoms with E-state index in [2.05, 4.69) is 22.5 Å². The number of amides is 1. The molecule has 0 radical (unpaired) electrons. The number of aryl methyl sites for hydroxylation is 1. The van der Waals surface area contributed by atoms with Crippen molar-refractivity contribution in [3.05, 3.63) is 66.5 Å². The number of benzene rings is 2. The van der Waals surface area contributed by atoms with E-state index < -0.39 is 0 Å². The van der Waals surface area contributed by atoms with Gasteiger partial charge in [-0.05, 0) is 47.9 Å². The lowest BCUT2D eigenvalue weighted by Gasteiger charge is -2.07. The summed E-state index contributed by atoms with van der Waals surface area (Å²) >= 11 is 0. The number of carbonyl (C=O) groups is 1. The van der Waals surface area contributed by atoms with Crippen molar-refractivity contribution in [1.29, 1.82) is 0 Å². The molecule has 3 rings (SSSR count). The monoisotopic (exact) mass is 291 g/mol. The van der Waals surface area contributed by atoms with Crippen molar-refractivity contribution in [2.75, 3.05) is 5.32 Å². The Morgan fingerprint density at radius 3 is 2.50 bits per heavy atom. The number of hydrogen-bond donors (Lipinski definition) is 1. The van der Waals surface area contributed by atoms with Crippen LogP contribution in [-0.2, 0) is 4.79 Å².